The Morgan fingerprint density at radius 2 is 0.900 bits per heavy atom. The van der Waals surface area contributed by atoms with Crippen molar-refractivity contribution in [2.45, 2.75) is 104 Å². The number of rotatable bonds is 14. The second-order valence-electron chi connectivity index (χ2n) is 11.9. The van der Waals surface area contributed by atoms with Gasteiger partial charge in [-0.05, 0) is 77.9 Å². The van der Waals surface area contributed by atoms with Crippen LogP contribution in [0.2, 0.25) is 0 Å². The Morgan fingerprint density at radius 1 is 0.400 bits per heavy atom. The van der Waals surface area contributed by atoms with Crippen molar-refractivity contribution in [1.82, 2.24) is 0 Å². The van der Waals surface area contributed by atoms with Crippen molar-refractivity contribution in [2.75, 3.05) is 0 Å². The van der Waals surface area contributed by atoms with Crippen LogP contribution in [0.4, 0.5) is 0 Å². The molecule has 0 saturated carbocycles. The molecule has 6 aromatic rings. The molecular formula is C38H44O2. The summed E-state index contributed by atoms with van der Waals surface area (Å²) < 4.78 is 12.8. The van der Waals surface area contributed by atoms with E-state index in [4.69, 9.17) is 8.83 Å². The van der Waals surface area contributed by atoms with Crippen LogP contribution in [0, 0.1) is 0 Å². The molecule has 2 nitrogen and oxygen atoms in total. The molecule has 0 aliphatic carbocycles. The zero-order chi connectivity index (χ0) is 27.3. The summed E-state index contributed by atoms with van der Waals surface area (Å²) in [5.41, 5.74) is 6.62. The Morgan fingerprint density at radius 3 is 1.57 bits per heavy atom. The van der Waals surface area contributed by atoms with E-state index in [-0.39, 0.29) is 0 Å². The average Bonchev–Trinajstić information content (AvgIpc) is 3.50. The van der Waals surface area contributed by atoms with Crippen molar-refractivity contribution in [3.8, 4) is 0 Å². The molecule has 0 spiro atoms. The van der Waals surface area contributed by atoms with Crippen LogP contribution in [0.15, 0.2) is 69.5 Å². The maximum absolute atomic E-state index is 6.44. The summed E-state index contributed by atoms with van der Waals surface area (Å²) in [7, 11) is 0. The van der Waals surface area contributed by atoms with Gasteiger partial charge in [0.1, 0.15) is 22.3 Å². The van der Waals surface area contributed by atoms with Crippen LogP contribution in [-0.2, 0) is 12.8 Å². The number of fused-ring (bicyclic) bond motifs is 7. The molecular weight excluding hydrogens is 488 g/mol. The van der Waals surface area contributed by atoms with Crippen molar-refractivity contribution in [3.05, 3.63) is 71.8 Å². The average molecular weight is 533 g/mol. The number of furan rings is 2. The maximum atomic E-state index is 6.44. The van der Waals surface area contributed by atoms with Gasteiger partial charge in [-0.1, -0.05) is 108 Å². The lowest BCUT2D eigenvalue weighted by Gasteiger charge is -2.05. The molecule has 0 atom stereocenters. The van der Waals surface area contributed by atoms with Crippen LogP contribution in [0.5, 0.6) is 0 Å². The fourth-order valence-corrected chi connectivity index (χ4v) is 6.41. The minimum absolute atomic E-state index is 0.934. The highest BCUT2D eigenvalue weighted by molar-refractivity contribution is 6.16. The fraction of sp³-hybridized carbons (Fsp3) is 0.421. The van der Waals surface area contributed by atoms with Gasteiger partial charge in [-0.2, -0.15) is 0 Å². The highest BCUT2D eigenvalue weighted by atomic mass is 16.3. The largest absolute Gasteiger partial charge is 0.456 e. The lowest BCUT2D eigenvalue weighted by Crippen LogP contribution is -1.87. The molecule has 0 aliphatic rings. The van der Waals surface area contributed by atoms with Gasteiger partial charge in [0.15, 0.2) is 0 Å². The van der Waals surface area contributed by atoms with Gasteiger partial charge in [0.25, 0.3) is 0 Å². The van der Waals surface area contributed by atoms with Crippen molar-refractivity contribution >= 4 is 54.6 Å². The molecule has 0 N–H and O–H groups in total. The van der Waals surface area contributed by atoms with Gasteiger partial charge < -0.3 is 8.83 Å². The Kier molecular flexibility index (Phi) is 8.42. The van der Waals surface area contributed by atoms with Crippen molar-refractivity contribution in [3.63, 3.8) is 0 Å². The van der Waals surface area contributed by atoms with Crippen LogP contribution in [-0.4, -0.2) is 0 Å². The Labute approximate surface area is 238 Å². The normalized spacial score (nSPS) is 12.2. The molecule has 2 aromatic heterocycles. The predicted octanol–water partition coefficient (Wildman–Crippen LogP) is 12.4. The minimum atomic E-state index is 0.934. The number of benzene rings is 4. The lowest BCUT2D eigenvalue weighted by atomic mass is 10.00. The molecule has 208 valence electrons. The molecule has 0 fully saturated rings. The number of aryl methyl sites for hydroxylation is 2. The third-order valence-corrected chi connectivity index (χ3v) is 8.79. The third-order valence-electron chi connectivity index (χ3n) is 8.79. The first-order valence-electron chi connectivity index (χ1n) is 16.0. The van der Waals surface area contributed by atoms with E-state index in [1.165, 1.54) is 104 Å². The van der Waals surface area contributed by atoms with Crippen LogP contribution in [0.25, 0.3) is 54.6 Å². The van der Waals surface area contributed by atoms with Gasteiger partial charge in [-0.25, -0.2) is 0 Å². The van der Waals surface area contributed by atoms with Crippen molar-refractivity contribution in [1.29, 1.82) is 0 Å². The summed E-state index contributed by atoms with van der Waals surface area (Å²) in [6.07, 6.45) is 18.2. The van der Waals surface area contributed by atoms with Gasteiger partial charge in [-0.15, -0.1) is 0 Å². The Balaban J connectivity index is 1.23. The quantitative estimate of drug-likeness (QED) is 0.130. The SMILES string of the molecule is CCCCCCCCc1ccc2cc3c(cc2c1)oc1cc2c(cc13)oc1cc(CCCCCCCC)ccc12. The van der Waals surface area contributed by atoms with Gasteiger partial charge in [0.2, 0.25) is 0 Å². The summed E-state index contributed by atoms with van der Waals surface area (Å²) in [6.45, 7) is 4.55. The fourth-order valence-electron chi connectivity index (χ4n) is 6.41. The van der Waals surface area contributed by atoms with Gasteiger partial charge in [-0.3, -0.25) is 0 Å². The van der Waals surface area contributed by atoms with E-state index in [0.717, 1.165) is 51.3 Å². The lowest BCUT2D eigenvalue weighted by molar-refractivity contribution is 0.607. The maximum Gasteiger partial charge on any atom is 0.136 e. The number of hydrogen-bond donors (Lipinski definition) is 0. The first-order valence-corrected chi connectivity index (χ1v) is 16.0. The minimum Gasteiger partial charge on any atom is -0.456 e. The third kappa shape index (κ3) is 5.78. The molecule has 0 saturated heterocycles. The second kappa shape index (κ2) is 12.5. The predicted molar refractivity (Wildman–Crippen MR) is 173 cm³/mol. The van der Waals surface area contributed by atoms with Gasteiger partial charge >= 0.3 is 0 Å². The van der Waals surface area contributed by atoms with Crippen molar-refractivity contribution < 1.29 is 8.83 Å². The first-order chi connectivity index (χ1) is 19.7. The topological polar surface area (TPSA) is 26.3 Å². The molecule has 0 radical (unpaired) electrons. The highest BCUT2D eigenvalue weighted by Crippen LogP contribution is 2.38. The van der Waals surface area contributed by atoms with E-state index in [2.05, 4.69) is 74.5 Å². The van der Waals surface area contributed by atoms with Crippen LogP contribution >= 0.6 is 0 Å². The summed E-state index contributed by atoms with van der Waals surface area (Å²) >= 11 is 0. The van der Waals surface area contributed by atoms with Gasteiger partial charge in [0, 0.05) is 21.5 Å². The summed E-state index contributed by atoms with van der Waals surface area (Å²) in [5.74, 6) is 0. The molecule has 0 unspecified atom stereocenters. The Bertz CT molecular complexity index is 1710. The molecule has 4 aromatic carbocycles. The van der Waals surface area contributed by atoms with E-state index in [0.29, 0.717) is 0 Å². The summed E-state index contributed by atoms with van der Waals surface area (Å²) in [6, 6.07) is 22.6. The van der Waals surface area contributed by atoms with E-state index in [1.807, 2.05) is 0 Å². The summed E-state index contributed by atoms with van der Waals surface area (Å²) in [5, 5.41) is 7.14. The molecule has 40 heavy (non-hydrogen) atoms. The molecule has 2 heterocycles. The molecule has 0 aliphatic heterocycles. The molecule has 2 heteroatoms. The zero-order valence-electron chi connectivity index (χ0n) is 24.5. The standard InChI is InChI=1S/C38H44O2/c1-3-5-7-9-11-13-15-27-17-19-29-23-32-34-26-37-33(25-38(34)40-36(32)24-30(29)21-27)31-20-18-28(22-35(31)39-37)16-14-12-10-8-6-4-2/h17-26H,3-16H2,1-2H3. The smallest absolute Gasteiger partial charge is 0.136 e. The van der Waals surface area contributed by atoms with Gasteiger partial charge in [0.05, 0.1) is 0 Å². The second-order valence-corrected chi connectivity index (χ2v) is 11.9. The van der Waals surface area contributed by atoms with Crippen LogP contribution < -0.4 is 0 Å². The molecule has 6 rings (SSSR count). The van der Waals surface area contributed by atoms with E-state index in [9.17, 15) is 0 Å². The van der Waals surface area contributed by atoms with E-state index in [1.54, 1.807) is 0 Å². The molecule has 0 bridgehead atoms. The number of unbranched alkanes of at least 4 members (excludes halogenated alkanes) is 10. The highest BCUT2D eigenvalue weighted by Gasteiger charge is 2.14. The van der Waals surface area contributed by atoms with E-state index < -0.39 is 0 Å². The zero-order valence-corrected chi connectivity index (χ0v) is 24.5. The number of hydrogen-bond acceptors (Lipinski definition) is 2. The van der Waals surface area contributed by atoms with Crippen molar-refractivity contribution in [2.24, 2.45) is 0 Å². The summed E-state index contributed by atoms with van der Waals surface area (Å²) in [4.78, 5) is 0. The monoisotopic (exact) mass is 532 g/mol. The van der Waals surface area contributed by atoms with Crippen LogP contribution in [0.3, 0.4) is 0 Å². The first kappa shape index (κ1) is 26.9. The Hall–Kier alpha value is -3.26. The van der Waals surface area contributed by atoms with Crippen LogP contribution in [0.1, 0.15) is 102 Å². The molecule has 0 amide bonds. The van der Waals surface area contributed by atoms with E-state index >= 15 is 0 Å².